The molecule has 0 bridgehead atoms. The molecule has 2 aromatic carbocycles. The second kappa shape index (κ2) is 11.6. The maximum absolute atomic E-state index is 13.3. The number of phenolic OH excluding ortho intramolecular Hbond substituents is 1. The largest absolute Gasteiger partial charge is 0.507 e. The number of amides is 4. The third-order valence-corrected chi connectivity index (χ3v) is 10.3. The lowest BCUT2D eigenvalue weighted by molar-refractivity contribution is -0.136. The first-order valence-electron chi connectivity index (χ1n) is 16.3. The van der Waals surface area contributed by atoms with Crippen molar-refractivity contribution in [2.45, 2.75) is 37.8 Å². The van der Waals surface area contributed by atoms with E-state index in [2.05, 4.69) is 35.5 Å². The molecular weight excluding hydrogens is 600 g/mol. The van der Waals surface area contributed by atoms with Crippen molar-refractivity contribution in [2.75, 3.05) is 60.9 Å². The average Bonchev–Trinajstić information content (AvgIpc) is 3.33. The minimum atomic E-state index is -0.963. The predicted molar refractivity (Wildman–Crippen MR) is 173 cm³/mol. The number of hydrogen-bond donors (Lipinski definition) is 3. The van der Waals surface area contributed by atoms with Gasteiger partial charge in [0.2, 0.25) is 11.8 Å². The number of nitrogens with one attached hydrogen (secondary N) is 2. The van der Waals surface area contributed by atoms with Crippen molar-refractivity contribution >= 4 is 40.8 Å². The van der Waals surface area contributed by atoms with Gasteiger partial charge in [-0.05, 0) is 61.6 Å². The molecule has 8 rings (SSSR count). The monoisotopic (exact) mass is 636 g/mol. The summed E-state index contributed by atoms with van der Waals surface area (Å²) in [6, 6.07) is 13.9. The summed E-state index contributed by atoms with van der Waals surface area (Å²) in [6.45, 7) is 6.33. The Morgan fingerprint density at radius 1 is 0.851 bits per heavy atom. The summed E-state index contributed by atoms with van der Waals surface area (Å²) in [5, 5.41) is 24.8. The number of anilines is 3. The number of aromatic nitrogens is 2. The number of piperazine rings is 1. The number of nitrogens with zero attached hydrogens (tertiary/aromatic N) is 6. The van der Waals surface area contributed by atoms with Gasteiger partial charge in [0.1, 0.15) is 11.8 Å². The van der Waals surface area contributed by atoms with Crippen LogP contribution in [0.3, 0.4) is 0 Å². The number of benzene rings is 2. The number of imide groups is 2. The zero-order valence-electron chi connectivity index (χ0n) is 25.9. The molecule has 13 heteroatoms. The van der Waals surface area contributed by atoms with Crippen molar-refractivity contribution in [2.24, 2.45) is 5.92 Å². The molecule has 1 aromatic heterocycles. The molecule has 4 amide bonds. The zero-order valence-corrected chi connectivity index (χ0v) is 25.9. The number of rotatable bonds is 5. The van der Waals surface area contributed by atoms with E-state index in [0.29, 0.717) is 34.3 Å². The van der Waals surface area contributed by atoms with Crippen molar-refractivity contribution in [3.63, 3.8) is 0 Å². The lowest BCUT2D eigenvalue weighted by Gasteiger charge is -2.47. The number of aromatic hydroxyl groups is 1. The van der Waals surface area contributed by atoms with Gasteiger partial charge in [0.05, 0.1) is 28.6 Å². The molecule has 0 radical (unpaired) electrons. The first-order valence-corrected chi connectivity index (χ1v) is 16.3. The molecule has 3 N–H and O–H groups in total. The fourth-order valence-electron chi connectivity index (χ4n) is 7.73. The molecule has 3 fully saturated rings. The molecule has 13 nitrogen and oxygen atoms in total. The van der Waals surface area contributed by atoms with Crippen molar-refractivity contribution < 1.29 is 24.3 Å². The normalized spacial score (nSPS) is 23.3. The van der Waals surface area contributed by atoms with Crippen LogP contribution in [0.1, 0.15) is 46.4 Å². The van der Waals surface area contributed by atoms with Gasteiger partial charge >= 0.3 is 0 Å². The summed E-state index contributed by atoms with van der Waals surface area (Å²) in [4.78, 5) is 58.6. The van der Waals surface area contributed by atoms with Crippen LogP contribution in [0.2, 0.25) is 0 Å². The van der Waals surface area contributed by atoms with Gasteiger partial charge in [-0.3, -0.25) is 34.3 Å². The van der Waals surface area contributed by atoms with Gasteiger partial charge in [-0.2, -0.15) is 0 Å². The van der Waals surface area contributed by atoms with Crippen LogP contribution in [0.15, 0.2) is 48.5 Å². The summed E-state index contributed by atoms with van der Waals surface area (Å²) >= 11 is 0. The fraction of sp³-hybridized carbons (Fsp3) is 0.412. The first kappa shape index (κ1) is 29.4. The number of phenols is 1. The maximum atomic E-state index is 13.3. The Hall–Kier alpha value is -5.04. The van der Waals surface area contributed by atoms with Crippen LogP contribution in [0.4, 0.5) is 17.2 Å². The van der Waals surface area contributed by atoms with Crippen LogP contribution < -0.4 is 20.4 Å². The van der Waals surface area contributed by atoms with Gasteiger partial charge in [-0.25, -0.2) is 0 Å². The summed E-state index contributed by atoms with van der Waals surface area (Å²) < 4.78 is 0. The van der Waals surface area contributed by atoms with Crippen molar-refractivity contribution in [1.29, 1.82) is 0 Å². The van der Waals surface area contributed by atoms with Gasteiger partial charge in [0.25, 0.3) is 11.8 Å². The van der Waals surface area contributed by atoms with Gasteiger partial charge < -0.3 is 20.2 Å². The highest BCUT2D eigenvalue weighted by atomic mass is 16.3. The van der Waals surface area contributed by atoms with E-state index < -0.39 is 23.8 Å². The molecule has 2 atom stereocenters. The van der Waals surface area contributed by atoms with E-state index in [9.17, 15) is 24.3 Å². The average molecular weight is 637 g/mol. The van der Waals surface area contributed by atoms with Crippen LogP contribution >= 0.6 is 0 Å². The quantitative estimate of drug-likeness (QED) is 0.353. The van der Waals surface area contributed by atoms with Gasteiger partial charge in [-0.1, -0.05) is 12.1 Å². The Balaban J connectivity index is 0.878. The molecule has 6 heterocycles. The number of hydrogen-bond acceptors (Lipinski definition) is 11. The molecule has 0 aliphatic carbocycles. The lowest BCUT2D eigenvalue weighted by atomic mass is 9.94. The minimum absolute atomic E-state index is 0.0993. The summed E-state index contributed by atoms with van der Waals surface area (Å²) in [6.07, 6.45) is 2.29. The Bertz CT molecular complexity index is 1790. The predicted octanol–water partition coefficient (Wildman–Crippen LogP) is 2.08. The minimum Gasteiger partial charge on any atom is -0.507 e. The molecule has 3 aromatic rings. The number of fused-ring (bicyclic) bond motifs is 4. The van der Waals surface area contributed by atoms with Crippen molar-refractivity contribution in [1.82, 2.24) is 25.3 Å². The maximum Gasteiger partial charge on any atom is 0.262 e. The van der Waals surface area contributed by atoms with E-state index in [4.69, 9.17) is 0 Å². The second-order valence-electron chi connectivity index (χ2n) is 13.1. The van der Waals surface area contributed by atoms with E-state index in [1.807, 2.05) is 24.3 Å². The standard InChI is InChI=1S/C34H36N8O5/c43-29-4-2-1-3-24(29)26-16-28-31(38-37-26)35-17-22-19-39(13-14-41(22)28)18-20-9-11-40(12-10-20)21-5-6-23-25(15-21)34(47)42(33(23)46)27-7-8-30(44)36-32(27)45/h1-6,15-16,20,22,27,43H,7-14,17-19H2,(H,35,38)(H,36,44,45)/t22-,27?/m0/s1. The van der Waals surface area contributed by atoms with Crippen LogP contribution in [0.5, 0.6) is 5.75 Å². The molecule has 3 saturated heterocycles. The molecule has 0 spiro atoms. The highest BCUT2D eigenvalue weighted by molar-refractivity contribution is 6.23. The lowest BCUT2D eigenvalue weighted by Crippen LogP contribution is -2.58. The van der Waals surface area contributed by atoms with Crippen LogP contribution in [-0.4, -0.2) is 107 Å². The number of piperidine rings is 2. The Labute approximate surface area is 271 Å². The van der Waals surface area contributed by atoms with E-state index in [1.165, 1.54) is 0 Å². The summed E-state index contributed by atoms with van der Waals surface area (Å²) in [7, 11) is 0. The summed E-state index contributed by atoms with van der Waals surface area (Å²) in [5.41, 5.74) is 3.88. The van der Waals surface area contributed by atoms with Gasteiger partial charge in [-0.15, -0.1) is 10.2 Å². The third-order valence-electron chi connectivity index (χ3n) is 10.3. The molecular formula is C34H36N8O5. The zero-order chi connectivity index (χ0) is 32.2. The number of carbonyl (C=O) groups excluding carboxylic acids is 4. The van der Waals surface area contributed by atoms with E-state index in [1.54, 1.807) is 24.3 Å². The third kappa shape index (κ3) is 5.24. The number of carbonyl (C=O) groups is 4. The second-order valence-corrected chi connectivity index (χ2v) is 13.1. The fourth-order valence-corrected chi connectivity index (χ4v) is 7.73. The molecule has 1 unspecified atom stereocenters. The van der Waals surface area contributed by atoms with E-state index >= 15 is 0 Å². The Morgan fingerprint density at radius 3 is 2.47 bits per heavy atom. The molecule has 242 valence electrons. The SMILES string of the molecule is O=C1CCC(N2C(=O)c3ccc(N4CCC(CN5CCN6c7cc(-c8ccccc8O)nnc7NC[C@H]6C5)CC4)cc3C2=O)C(=O)N1. The molecule has 5 aliphatic rings. The Morgan fingerprint density at radius 2 is 1.66 bits per heavy atom. The van der Waals surface area contributed by atoms with Crippen molar-refractivity contribution in [3.8, 4) is 17.0 Å². The highest BCUT2D eigenvalue weighted by Gasteiger charge is 2.45. The highest BCUT2D eigenvalue weighted by Crippen LogP contribution is 2.37. The van der Waals surface area contributed by atoms with E-state index in [0.717, 1.165) is 80.7 Å². The Kier molecular flexibility index (Phi) is 7.27. The first-order chi connectivity index (χ1) is 22.8. The summed E-state index contributed by atoms with van der Waals surface area (Å²) in [5.74, 6) is -0.417. The van der Waals surface area contributed by atoms with E-state index in [-0.39, 0.29) is 24.5 Å². The molecule has 0 saturated carbocycles. The van der Waals surface area contributed by atoms with Gasteiger partial charge in [0.15, 0.2) is 5.82 Å². The smallest absolute Gasteiger partial charge is 0.262 e. The topological polar surface area (TPSA) is 151 Å². The molecule has 5 aliphatic heterocycles. The van der Waals surface area contributed by atoms with Crippen molar-refractivity contribution in [3.05, 3.63) is 59.7 Å². The van der Waals surface area contributed by atoms with Crippen LogP contribution in [0.25, 0.3) is 11.3 Å². The van der Waals surface area contributed by atoms with Gasteiger partial charge in [0, 0.05) is 63.5 Å². The molecule has 47 heavy (non-hydrogen) atoms. The van der Waals surface area contributed by atoms with Crippen LogP contribution in [-0.2, 0) is 9.59 Å². The van der Waals surface area contributed by atoms with Crippen LogP contribution in [0, 0.1) is 5.92 Å². The number of para-hydroxylation sites is 1.